The molecule has 3 nitrogen and oxygen atoms in total. The molecule has 0 heterocycles. The van der Waals surface area contributed by atoms with Crippen LogP contribution in [0.25, 0.3) is 5.57 Å². The second-order valence-corrected chi connectivity index (χ2v) is 5.20. The zero-order valence-corrected chi connectivity index (χ0v) is 12.3. The van der Waals surface area contributed by atoms with Gasteiger partial charge >= 0.3 is 0 Å². The molecule has 1 aliphatic carbocycles. The molecule has 0 bridgehead atoms. The summed E-state index contributed by atoms with van der Waals surface area (Å²) in [6.45, 7) is 0. The first kappa shape index (κ1) is 13.4. The van der Waals surface area contributed by atoms with Gasteiger partial charge in [-0.3, -0.25) is 0 Å². The molecule has 0 amide bonds. The van der Waals surface area contributed by atoms with Crippen LogP contribution in [-0.4, -0.2) is 20.3 Å². The highest BCUT2D eigenvalue weighted by Crippen LogP contribution is 2.41. The maximum absolute atomic E-state index is 5.99. The van der Waals surface area contributed by atoms with Crippen LogP contribution in [0.15, 0.2) is 22.7 Å². The van der Waals surface area contributed by atoms with Crippen LogP contribution in [0.2, 0.25) is 0 Å². The molecule has 0 aliphatic heterocycles. The minimum Gasteiger partial charge on any atom is -0.495 e. The Balaban J connectivity index is 2.48. The topological polar surface area (TPSA) is 44.5 Å². The van der Waals surface area contributed by atoms with E-state index in [4.69, 9.17) is 15.2 Å². The first-order chi connectivity index (χ1) is 8.67. The number of hydrogen-bond acceptors (Lipinski definition) is 3. The zero-order chi connectivity index (χ0) is 13.1. The number of benzene rings is 1. The smallest absolute Gasteiger partial charge is 0.144 e. The molecule has 0 saturated carbocycles. The molecule has 0 saturated heterocycles. The summed E-state index contributed by atoms with van der Waals surface area (Å²) in [7, 11) is 3.32. The lowest BCUT2D eigenvalue weighted by Gasteiger charge is -2.21. The van der Waals surface area contributed by atoms with Crippen molar-refractivity contribution in [2.75, 3.05) is 14.2 Å². The van der Waals surface area contributed by atoms with Gasteiger partial charge in [-0.1, -0.05) is 6.08 Å². The van der Waals surface area contributed by atoms with Crippen LogP contribution >= 0.6 is 15.9 Å². The van der Waals surface area contributed by atoms with Crippen LogP contribution in [0.3, 0.4) is 0 Å². The molecule has 0 fully saturated rings. The highest BCUT2D eigenvalue weighted by atomic mass is 79.9. The summed E-state index contributed by atoms with van der Waals surface area (Å²) in [6, 6.07) is 4.13. The Labute approximate surface area is 116 Å². The first-order valence-electron chi connectivity index (χ1n) is 6.04. The summed E-state index contributed by atoms with van der Waals surface area (Å²) >= 11 is 3.53. The zero-order valence-electron chi connectivity index (χ0n) is 10.7. The van der Waals surface area contributed by atoms with Crippen molar-refractivity contribution in [1.82, 2.24) is 0 Å². The Morgan fingerprint density at radius 3 is 2.67 bits per heavy atom. The van der Waals surface area contributed by atoms with Gasteiger partial charge < -0.3 is 15.2 Å². The van der Waals surface area contributed by atoms with Crippen molar-refractivity contribution in [1.29, 1.82) is 0 Å². The van der Waals surface area contributed by atoms with E-state index < -0.39 is 0 Å². The fourth-order valence-electron chi connectivity index (χ4n) is 2.33. The van der Waals surface area contributed by atoms with E-state index in [1.165, 1.54) is 5.57 Å². The maximum atomic E-state index is 5.99. The predicted octanol–water partition coefficient (Wildman–Crippen LogP) is 3.36. The molecular formula is C14H18BrNO2. The molecule has 18 heavy (non-hydrogen) atoms. The Hall–Kier alpha value is -1.00. The number of halogens is 1. The highest BCUT2D eigenvalue weighted by molar-refractivity contribution is 9.10. The fourth-order valence-corrected chi connectivity index (χ4v) is 3.00. The number of hydrogen-bond donors (Lipinski definition) is 1. The second kappa shape index (κ2) is 5.76. The summed E-state index contributed by atoms with van der Waals surface area (Å²) in [4.78, 5) is 0. The lowest BCUT2D eigenvalue weighted by Crippen LogP contribution is -2.20. The average molecular weight is 312 g/mol. The van der Waals surface area contributed by atoms with E-state index in [9.17, 15) is 0 Å². The third kappa shape index (κ3) is 2.54. The molecule has 98 valence electrons. The molecular weight excluding hydrogens is 294 g/mol. The number of methoxy groups -OCH3 is 2. The van der Waals surface area contributed by atoms with Crippen LogP contribution in [0, 0.1) is 0 Å². The minimum absolute atomic E-state index is 0.152. The number of allylic oxidation sites excluding steroid dienone is 1. The molecule has 1 aromatic rings. The van der Waals surface area contributed by atoms with Crippen LogP contribution in [0.4, 0.5) is 0 Å². The standard InChI is InChI=1S/C14H18BrNO2/c1-17-12-7-6-11(14(18-2)13(12)15)9-4-3-5-10(16)8-9/h6-8,10H,3-5,16H2,1-2H3. The Bertz CT molecular complexity index is 471. The van der Waals surface area contributed by atoms with Gasteiger partial charge in [0.2, 0.25) is 0 Å². The Morgan fingerprint density at radius 1 is 1.28 bits per heavy atom. The van der Waals surface area contributed by atoms with Crippen LogP contribution in [0.5, 0.6) is 11.5 Å². The fraction of sp³-hybridized carbons (Fsp3) is 0.429. The van der Waals surface area contributed by atoms with Crippen molar-refractivity contribution in [3.8, 4) is 11.5 Å². The lowest BCUT2D eigenvalue weighted by atomic mass is 9.91. The molecule has 0 aromatic heterocycles. The van der Waals surface area contributed by atoms with Crippen LogP contribution < -0.4 is 15.2 Å². The van der Waals surface area contributed by atoms with Crippen molar-refractivity contribution < 1.29 is 9.47 Å². The molecule has 2 rings (SSSR count). The van der Waals surface area contributed by atoms with E-state index in [2.05, 4.69) is 22.0 Å². The Morgan fingerprint density at radius 2 is 2.06 bits per heavy atom. The van der Waals surface area contributed by atoms with E-state index in [-0.39, 0.29) is 6.04 Å². The van der Waals surface area contributed by atoms with Gasteiger partial charge in [0.15, 0.2) is 0 Å². The molecule has 0 spiro atoms. The second-order valence-electron chi connectivity index (χ2n) is 4.41. The normalized spacial score (nSPS) is 19.3. The summed E-state index contributed by atoms with van der Waals surface area (Å²) in [5, 5.41) is 0. The minimum atomic E-state index is 0.152. The quantitative estimate of drug-likeness (QED) is 0.931. The van der Waals surface area contributed by atoms with E-state index >= 15 is 0 Å². The SMILES string of the molecule is COc1ccc(C2=CC(N)CCC2)c(OC)c1Br. The predicted molar refractivity (Wildman–Crippen MR) is 77.0 cm³/mol. The highest BCUT2D eigenvalue weighted by Gasteiger charge is 2.18. The molecule has 4 heteroatoms. The first-order valence-corrected chi connectivity index (χ1v) is 6.83. The summed E-state index contributed by atoms with van der Waals surface area (Å²) in [5.74, 6) is 1.59. The van der Waals surface area contributed by atoms with Gasteiger partial charge in [0, 0.05) is 11.6 Å². The van der Waals surface area contributed by atoms with Crippen molar-refractivity contribution in [3.05, 3.63) is 28.2 Å². The van der Waals surface area contributed by atoms with Gasteiger partial charge in [-0.25, -0.2) is 0 Å². The van der Waals surface area contributed by atoms with Crippen molar-refractivity contribution >= 4 is 21.5 Å². The maximum Gasteiger partial charge on any atom is 0.144 e. The van der Waals surface area contributed by atoms with E-state index in [1.807, 2.05) is 12.1 Å². The van der Waals surface area contributed by atoms with Crippen LogP contribution in [0.1, 0.15) is 24.8 Å². The van der Waals surface area contributed by atoms with Crippen molar-refractivity contribution in [3.63, 3.8) is 0 Å². The third-order valence-electron chi connectivity index (χ3n) is 3.23. The molecule has 1 aromatic carbocycles. The monoisotopic (exact) mass is 311 g/mol. The van der Waals surface area contributed by atoms with Gasteiger partial charge in [-0.2, -0.15) is 0 Å². The number of rotatable bonds is 3. The summed E-state index contributed by atoms with van der Waals surface area (Å²) in [6.07, 6.45) is 5.37. The van der Waals surface area contributed by atoms with Gasteiger partial charge in [-0.15, -0.1) is 0 Å². The van der Waals surface area contributed by atoms with Gasteiger partial charge in [0.1, 0.15) is 16.0 Å². The van der Waals surface area contributed by atoms with Gasteiger partial charge in [-0.05, 0) is 52.9 Å². The molecule has 1 unspecified atom stereocenters. The largest absolute Gasteiger partial charge is 0.495 e. The summed E-state index contributed by atoms with van der Waals surface area (Å²) < 4.78 is 11.6. The Kier molecular flexibility index (Phi) is 4.30. The number of nitrogens with two attached hydrogens (primary N) is 1. The molecule has 1 atom stereocenters. The van der Waals surface area contributed by atoms with E-state index in [0.717, 1.165) is 40.8 Å². The molecule has 1 aliphatic rings. The molecule has 0 radical (unpaired) electrons. The molecule has 2 N–H and O–H groups in total. The summed E-state index contributed by atoms with van der Waals surface area (Å²) in [5.41, 5.74) is 8.35. The number of ether oxygens (including phenoxy) is 2. The van der Waals surface area contributed by atoms with Gasteiger partial charge in [0.05, 0.1) is 14.2 Å². The van der Waals surface area contributed by atoms with E-state index in [0.29, 0.717) is 0 Å². The van der Waals surface area contributed by atoms with Crippen molar-refractivity contribution in [2.24, 2.45) is 5.73 Å². The van der Waals surface area contributed by atoms with Crippen molar-refractivity contribution in [2.45, 2.75) is 25.3 Å². The van der Waals surface area contributed by atoms with E-state index in [1.54, 1.807) is 14.2 Å². The lowest BCUT2D eigenvalue weighted by molar-refractivity contribution is 0.388. The average Bonchev–Trinajstić information content (AvgIpc) is 2.38. The van der Waals surface area contributed by atoms with Gasteiger partial charge in [0.25, 0.3) is 0 Å². The third-order valence-corrected chi connectivity index (χ3v) is 3.98. The van der Waals surface area contributed by atoms with Crippen LogP contribution in [-0.2, 0) is 0 Å².